The third-order valence-electron chi connectivity index (χ3n) is 5.75. The van der Waals surface area contributed by atoms with Crippen molar-refractivity contribution in [2.24, 2.45) is 23.5 Å². The lowest BCUT2D eigenvalue weighted by atomic mass is 9.91. The van der Waals surface area contributed by atoms with E-state index >= 15 is 0 Å². The van der Waals surface area contributed by atoms with Gasteiger partial charge >= 0.3 is 11.9 Å². The van der Waals surface area contributed by atoms with Crippen LogP contribution in [0.15, 0.2) is 60.7 Å². The summed E-state index contributed by atoms with van der Waals surface area (Å²) in [6.07, 6.45) is 0.571. The predicted octanol–water partition coefficient (Wildman–Crippen LogP) is 2.76. The van der Waals surface area contributed by atoms with Gasteiger partial charge in [-0.05, 0) is 29.9 Å². The number of hydrogen-bond donors (Lipinski definition) is 2. The molecule has 0 unspecified atom stereocenters. The monoisotopic (exact) mass is 351 g/mol. The Labute approximate surface area is 151 Å². The second kappa shape index (κ2) is 6.25. The van der Waals surface area contributed by atoms with E-state index in [0.717, 1.165) is 11.1 Å². The smallest absolute Gasteiger partial charge is 0.327 e. The second-order valence-corrected chi connectivity index (χ2v) is 7.24. The van der Waals surface area contributed by atoms with E-state index < -0.39 is 29.5 Å². The average Bonchev–Trinajstić information content (AvgIpc) is 3.32. The predicted molar refractivity (Wildman–Crippen MR) is 95.1 cm³/mol. The van der Waals surface area contributed by atoms with E-state index in [4.69, 9.17) is 10.5 Å². The van der Waals surface area contributed by atoms with Gasteiger partial charge in [-0.3, -0.25) is 9.59 Å². The average molecular weight is 351 g/mol. The molecule has 2 aliphatic carbocycles. The maximum absolute atomic E-state index is 13.0. The van der Waals surface area contributed by atoms with E-state index in [9.17, 15) is 14.7 Å². The fourth-order valence-electron chi connectivity index (χ4n) is 4.38. The topological polar surface area (TPSA) is 89.6 Å². The van der Waals surface area contributed by atoms with Crippen LogP contribution in [0, 0.1) is 17.8 Å². The fourth-order valence-corrected chi connectivity index (χ4v) is 4.38. The van der Waals surface area contributed by atoms with Crippen LogP contribution in [0.25, 0.3) is 0 Å². The minimum atomic E-state index is -1.21. The van der Waals surface area contributed by atoms with Crippen LogP contribution >= 0.6 is 0 Å². The number of carbonyl (C=O) groups is 2. The molecule has 0 amide bonds. The van der Waals surface area contributed by atoms with Gasteiger partial charge in [0.25, 0.3) is 0 Å². The number of benzene rings is 2. The maximum Gasteiger partial charge on any atom is 0.327 e. The Morgan fingerprint density at radius 1 is 1.04 bits per heavy atom. The summed E-state index contributed by atoms with van der Waals surface area (Å²) in [7, 11) is 0. The molecule has 0 heterocycles. The lowest BCUT2D eigenvalue weighted by molar-refractivity contribution is -0.155. The summed E-state index contributed by atoms with van der Waals surface area (Å²) < 4.78 is 5.88. The second-order valence-electron chi connectivity index (χ2n) is 7.24. The van der Waals surface area contributed by atoms with Crippen molar-refractivity contribution in [1.29, 1.82) is 0 Å². The zero-order valence-electron chi connectivity index (χ0n) is 14.2. The summed E-state index contributed by atoms with van der Waals surface area (Å²) in [6.45, 7) is 0. The Morgan fingerprint density at radius 3 is 2.04 bits per heavy atom. The van der Waals surface area contributed by atoms with Gasteiger partial charge in [-0.2, -0.15) is 0 Å². The number of rotatable bonds is 5. The van der Waals surface area contributed by atoms with Gasteiger partial charge in [0.15, 0.2) is 6.10 Å². The number of aliphatic carboxylic acids is 1. The van der Waals surface area contributed by atoms with Crippen molar-refractivity contribution in [1.82, 2.24) is 0 Å². The SMILES string of the molecule is N[C@@]1(C(=O)OC(c2ccccc2)c2ccccc2)CC[C@H]2[C@H](C(=O)O)[C@H]21. The Morgan fingerprint density at radius 2 is 1.58 bits per heavy atom. The first-order valence-electron chi connectivity index (χ1n) is 8.85. The fraction of sp³-hybridized carbons (Fsp3) is 0.333. The molecule has 0 saturated heterocycles. The molecule has 2 aliphatic rings. The normalized spacial score (nSPS) is 29.2. The molecule has 5 heteroatoms. The highest BCUT2D eigenvalue weighted by atomic mass is 16.5. The van der Waals surface area contributed by atoms with Crippen molar-refractivity contribution >= 4 is 11.9 Å². The van der Waals surface area contributed by atoms with Crippen LogP contribution in [0.5, 0.6) is 0 Å². The van der Waals surface area contributed by atoms with Gasteiger partial charge in [0, 0.05) is 5.92 Å². The molecule has 5 nitrogen and oxygen atoms in total. The Hall–Kier alpha value is -2.66. The molecular weight excluding hydrogens is 330 g/mol. The Balaban J connectivity index is 1.60. The first kappa shape index (κ1) is 16.8. The molecule has 2 aromatic rings. The van der Waals surface area contributed by atoms with Gasteiger partial charge in [-0.15, -0.1) is 0 Å². The van der Waals surface area contributed by atoms with Crippen molar-refractivity contribution in [3.63, 3.8) is 0 Å². The maximum atomic E-state index is 13.0. The van der Waals surface area contributed by atoms with Gasteiger partial charge < -0.3 is 15.6 Å². The first-order chi connectivity index (χ1) is 12.5. The molecule has 0 aromatic heterocycles. The quantitative estimate of drug-likeness (QED) is 0.809. The highest BCUT2D eigenvalue weighted by Crippen LogP contribution is 2.61. The molecule has 2 saturated carbocycles. The molecule has 0 spiro atoms. The summed E-state index contributed by atoms with van der Waals surface area (Å²) >= 11 is 0. The number of fused-ring (bicyclic) bond motifs is 1. The third kappa shape index (κ3) is 2.69. The van der Waals surface area contributed by atoms with Gasteiger partial charge in [0.05, 0.1) is 5.92 Å². The molecular formula is C21H21NO4. The van der Waals surface area contributed by atoms with Crippen molar-refractivity contribution in [3.05, 3.63) is 71.8 Å². The van der Waals surface area contributed by atoms with Crippen molar-refractivity contribution < 1.29 is 19.4 Å². The Kier molecular flexibility index (Phi) is 4.04. The van der Waals surface area contributed by atoms with Gasteiger partial charge in [-0.25, -0.2) is 0 Å². The molecule has 2 fully saturated rings. The number of nitrogens with two attached hydrogens (primary N) is 1. The van der Waals surface area contributed by atoms with E-state index in [-0.39, 0.29) is 11.8 Å². The zero-order valence-corrected chi connectivity index (χ0v) is 14.2. The van der Waals surface area contributed by atoms with Crippen molar-refractivity contribution in [2.75, 3.05) is 0 Å². The summed E-state index contributed by atoms with van der Waals surface area (Å²) in [4.78, 5) is 24.3. The van der Waals surface area contributed by atoms with E-state index in [1.54, 1.807) is 0 Å². The van der Waals surface area contributed by atoms with Crippen LogP contribution < -0.4 is 5.73 Å². The molecule has 134 valence electrons. The van der Waals surface area contributed by atoms with Crippen LogP contribution in [0.4, 0.5) is 0 Å². The minimum Gasteiger partial charge on any atom is -0.481 e. The van der Waals surface area contributed by atoms with Gasteiger partial charge in [0.2, 0.25) is 0 Å². The minimum absolute atomic E-state index is 0.00282. The third-order valence-corrected chi connectivity index (χ3v) is 5.75. The molecule has 2 aromatic carbocycles. The number of carboxylic acids is 1. The molecule has 4 atom stereocenters. The molecule has 0 aliphatic heterocycles. The lowest BCUT2D eigenvalue weighted by Gasteiger charge is -2.28. The molecule has 0 bridgehead atoms. The van der Waals surface area contributed by atoms with Crippen LogP contribution in [-0.4, -0.2) is 22.6 Å². The largest absolute Gasteiger partial charge is 0.481 e. The molecule has 4 rings (SSSR count). The number of carboxylic acid groups (broad SMARTS) is 1. The highest BCUT2D eigenvalue weighted by Gasteiger charge is 2.70. The Bertz CT molecular complexity index is 783. The van der Waals surface area contributed by atoms with Gasteiger partial charge in [0.1, 0.15) is 5.54 Å². The number of ether oxygens (including phenoxy) is 1. The van der Waals surface area contributed by atoms with E-state index in [2.05, 4.69) is 0 Å². The lowest BCUT2D eigenvalue weighted by Crippen LogP contribution is -2.51. The summed E-state index contributed by atoms with van der Waals surface area (Å²) in [5.41, 5.74) is 6.88. The molecule has 3 N–H and O–H groups in total. The van der Waals surface area contributed by atoms with Crippen LogP contribution in [0.3, 0.4) is 0 Å². The summed E-state index contributed by atoms with van der Waals surface area (Å²) in [5.74, 6) is -2.22. The summed E-state index contributed by atoms with van der Waals surface area (Å²) in [5, 5.41) is 9.30. The van der Waals surface area contributed by atoms with E-state index in [1.807, 2.05) is 60.7 Å². The van der Waals surface area contributed by atoms with Crippen molar-refractivity contribution in [3.8, 4) is 0 Å². The van der Waals surface area contributed by atoms with E-state index in [1.165, 1.54) is 0 Å². The van der Waals surface area contributed by atoms with Crippen LogP contribution in [-0.2, 0) is 14.3 Å². The summed E-state index contributed by atoms with van der Waals surface area (Å²) in [6, 6.07) is 19.0. The number of carbonyl (C=O) groups excluding carboxylic acids is 1. The molecule has 0 radical (unpaired) electrons. The van der Waals surface area contributed by atoms with E-state index in [0.29, 0.717) is 12.8 Å². The standard InChI is InChI=1S/C21H21NO4/c22-21(12-11-15-16(17(15)21)19(23)24)20(25)26-18(13-7-3-1-4-8-13)14-9-5-2-6-10-14/h1-10,15-18H,11-12,22H2,(H,23,24)/t15-,16-,17-,21-/m0/s1. The van der Waals surface area contributed by atoms with Crippen molar-refractivity contribution in [2.45, 2.75) is 24.5 Å². The van der Waals surface area contributed by atoms with Gasteiger partial charge in [-0.1, -0.05) is 60.7 Å². The number of esters is 1. The number of hydrogen-bond acceptors (Lipinski definition) is 4. The van der Waals surface area contributed by atoms with Crippen LogP contribution in [0.2, 0.25) is 0 Å². The first-order valence-corrected chi connectivity index (χ1v) is 8.85. The molecule has 26 heavy (non-hydrogen) atoms. The zero-order chi connectivity index (χ0) is 18.3. The highest BCUT2D eigenvalue weighted by molar-refractivity contribution is 5.86. The van der Waals surface area contributed by atoms with Crippen LogP contribution in [0.1, 0.15) is 30.1 Å².